The third kappa shape index (κ3) is 2.74. The first-order chi connectivity index (χ1) is 13.0. The monoisotopic (exact) mass is 384 g/mol. The molecule has 0 saturated carbocycles. The Morgan fingerprint density at radius 2 is 1.74 bits per heavy atom. The maximum atomic E-state index is 12.8. The molecular formula is C19H16N2O5S. The molecule has 0 spiro atoms. The van der Waals surface area contributed by atoms with E-state index in [9.17, 15) is 4.79 Å². The summed E-state index contributed by atoms with van der Waals surface area (Å²) in [7, 11) is 4.59. The molecule has 2 heterocycles. The van der Waals surface area contributed by atoms with Crippen LogP contribution in [0.4, 0.5) is 5.13 Å². The van der Waals surface area contributed by atoms with Crippen LogP contribution < -0.4 is 25.4 Å². The van der Waals surface area contributed by atoms with E-state index in [0.29, 0.717) is 50.2 Å². The SMILES string of the molecule is COc1cc(-c2cc(=O)c3c(ccc4nc(N)sc43)o2)cc(OC)c1OC. The minimum Gasteiger partial charge on any atom is -0.493 e. The normalized spacial score (nSPS) is 11.1. The van der Waals surface area contributed by atoms with Crippen LogP contribution in [0.2, 0.25) is 0 Å². The smallest absolute Gasteiger partial charge is 0.203 e. The molecule has 0 aliphatic heterocycles. The zero-order chi connectivity index (χ0) is 19.1. The predicted octanol–water partition coefficient (Wildman–Crippen LogP) is 3.68. The number of benzene rings is 2. The van der Waals surface area contributed by atoms with Crippen molar-refractivity contribution in [3.05, 3.63) is 40.6 Å². The molecule has 27 heavy (non-hydrogen) atoms. The van der Waals surface area contributed by atoms with Crippen LogP contribution in [0, 0.1) is 0 Å². The van der Waals surface area contributed by atoms with Crippen LogP contribution in [-0.2, 0) is 0 Å². The Hall–Kier alpha value is -3.26. The Balaban J connectivity index is 1.97. The summed E-state index contributed by atoms with van der Waals surface area (Å²) in [5.74, 6) is 1.80. The molecule has 4 rings (SSSR count). The van der Waals surface area contributed by atoms with Gasteiger partial charge >= 0.3 is 0 Å². The van der Waals surface area contributed by atoms with Gasteiger partial charge < -0.3 is 24.4 Å². The van der Waals surface area contributed by atoms with Crippen molar-refractivity contribution in [1.82, 2.24) is 4.98 Å². The molecule has 4 aromatic rings. The van der Waals surface area contributed by atoms with Crippen molar-refractivity contribution in [2.45, 2.75) is 0 Å². The Morgan fingerprint density at radius 3 is 2.37 bits per heavy atom. The third-order valence-electron chi connectivity index (χ3n) is 4.21. The van der Waals surface area contributed by atoms with Crippen LogP contribution >= 0.6 is 11.3 Å². The molecule has 0 atom stereocenters. The highest BCUT2D eigenvalue weighted by Crippen LogP contribution is 2.41. The van der Waals surface area contributed by atoms with E-state index in [0.717, 1.165) is 4.70 Å². The van der Waals surface area contributed by atoms with Gasteiger partial charge in [-0.15, -0.1) is 0 Å². The summed E-state index contributed by atoms with van der Waals surface area (Å²) >= 11 is 1.26. The molecule has 8 heteroatoms. The number of hydrogen-bond acceptors (Lipinski definition) is 8. The van der Waals surface area contributed by atoms with Gasteiger partial charge in [0.15, 0.2) is 22.1 Å². The highest BCUT2D eigenvalue weighted by atomic mass is 32.1. The minimum absolute atomic E-state index is 0.172. The molecule has 0 fully saturated rings. The standard InChI is InChI=1S/C19H16N2O5S/c1-23-14-6-9(7-15(24-2)17(14)25-3)13-8-11(22)16-12(26-13)5-4-10-18(16)27-19(20)21-10/h4-8H,1-3H3,(H2,20,21). The average molecular weight is 384 g/mol. The van der Waals surface area contributed by atoms with E-state index >= 15 is 0 Å². The second-order valence-electron chi connectivity index (χ2n) is 5.73. The number of nitrogens with two attached hydrogens (primary N) is 1. The molecule has 0 aliphatic rings. The Kier molecular flexibility index (Phi) is 4.12. The molecule has 0 bridgehead atoms. The Labute approximate surface area is 157 Å². The van der Waals surface area contributed by atoms with Crippen molar-refractivity contribution in [1.29, 1.82) is 0 Å². The highest BCUT2D eigenvalue weighted by molar-refractivity contribution is 7.22. The van der Waals surface area contributed by atoms with Gasteiger partial charge in [0.05, 0.1) is 36.9 Å². The van der Waals surface area contributed by atoms with Crippen molar-refractivity contribution >= 4 is 37.7 Å². The lowest BCUT2D eigenvalue weighted by Crippen LogP contribution is -2.01. The second-order valence-corrected chi connectivity index (χ2v) is 6.76. The number of nitrogen functional groups attached to an aromatic ring is 1. The van der Waals surface area contributed by atoms with E-state index < -0.39 is 0 Å². The van der Waals surface area contributed by atoms with E-state index in [2.05, 4.69) is 4.98 Å². The van der Waals surface area contributed by atoms with Crippen LogP contribution in [0.1, 0.15) is 0 Å². The van der Waals surface area contributed by atoms with Gasteiger partial charge in [-0.1, -0.05) is 11.3 Å². The van der Waals surface area contributed by atoms with Crippen molar-refractivity contribution in [3.8, 4) is 28.6 Å². The number of fused-ring (bicyclic) bond motifs is 3. The number of hydrogen-bond donors (Lipinski definition) is 1. The average Bonchev–Trinajstić information content (AvgIpc) is 3.06. The summed E-state index contributed by atoms with van der Waals surface area (Å²) in [5.41, 5.74) is 7.38. The van der Waals surface area contributed by atoms with Gasteiger partial charge in [0.25, 0.3) is 0 Å². The van der Waals surface area contributed by atoms with Gasteiger partial charge in [0, 0.05) is 11.6 Å². The maximum absolute atomic E-state index is 12.8. The number of thiazole rings is 1. The summed E-state index contributed by atoms with van der Waals surface area (Å²) < 4.78 is 22.8. The third-order valence-corrected chi connectivity index (χ3v) is 5.13. The fraction of sp³-hybridized carbons (Fsp3) is 0.158. The van der Waals surface area contributed by atoms with Crippen LogP contribution in [0.5, 0.6) is 17.2 Å². The zero-order valence-electron chi connectivity index (χ0n) is 14.9. The first-order valence-electron chi connectivity index (χ1n) is 7.99. The molecule has 0 aliphatic carbocycles. The molecule has 0 unspecified atom stereocenters. The first kappa shape index (κ1) is 17.2. The molecule has 2 aromatic carbocycles. The number of nitrogens with zero attached hydrogens (tertiary/aromatic N) is 1. The summed E-state index contributed by atoms with van der Waals surface area (Å²) in [6.45, 7) is 0. The number of anilines is 1. The first-order valence-corrected chi connectivity index (χ1v) is 8.80. The van der Waals surface area contributed by atoms with Crippen LogP contribution in [0.15, 0.2) is 39.5 Å². The summed E-state index contributed by atoms with van der Waals surface area (Å²) in [6.07, 6.45) is 0. The van der Waals surface area contributed by atoms with E-state index in [4.69, 9.17) is 24.4 Å². The minimum atomic E-state index is -0.172. The Morgan fingerprint density at radius 1 is 1.04 bits per heavy atom. The van der Waals surface area contributed by atoms with E-state index in [1.165, 1.54) is 38.7 Å². The number of rotatable bonds is 4. The lowest BCUT2D eigenvalue weighted by atomic mass is 10.1. The lowest BCUT2D eigenvalue weighted by molar-refractivity contribution is 0.324. The molecule has 138 valence electrons. The predicted molar refractivity (Wildman–Crippen MR) is 105 cm³/mol. The van der Waals surface area contributed by atoms with Gasteiger partial charge in [-0.2, -0.15) is 0 Å². The molecule has 0 saturated heterocycles. The second kappa shape index (κ2) is 6.48. The van der Waals surface area contributed by atoms with Crippen molar-refractivity contribution < 1.29 is 18.6 Å². The number of methoxy groups -OCH3 is 3. The Bertz CT molecular complexity index is 1200. The molecule has 2 aromatic heterocycles. The molecule has 2 N–H and O–H groups in total. The zero-order valence-corrected chi connectivity index (χ0v) is 15.7. The van der Waals surface area contributed by atoms with Crippen molar-refractivity contribution in [2.24, 2.45) is 0 Å². The molecule has 0 radical (unpaired) electrons. The number of aromatic nitrogens is 1. The summed E-state index contributed by atoms with van der Waals surface area (Å²) in [5, 5.41) is 0.878. The fourth-order valence-corrected chi connectivity index (χ4v) is 3.89. The fourth-order valence-electron chi connectivity index (χ4n) is 3.01. The summed E-state index contributed by atoms with van der Waals surface area (Å²) in [6, 6.07) is 8.41. The van der Waals surface area contributed by atoms with Crippen molar-refractivity contribution in [3.63, 3.8) is 0 Å². The summed E-state index contributed by atoms with van der Waals surface area (Å²) in [4.78, 5) is 17.0. The van der Waals surface area contributed by atoms with Gasteiger partial charge in [-0.05, 0) is 24.3 Å². The molecular weight excluding hydrogens is 368 g/mol. The topological polar surface area (TPSA) is 96.8 Å². The van der Waals surface area contributed by atoms with Crippen LogP contribution in [-0.4, -0.2) is 26.3 Å². The van der Waals surface area contributed by atoms with Gasteiger partial charge in [-0.3, -0.25) is 4.79 Å². The van der Waals surface area contributed by atoms with E-state index in [-0.39, 0.29) is 5.43 Å². The highest BCUT2D eigenvalue weighted by Gasteiger charge is 2.17. The molecule has 7 nitrogen and oxygen atoms in total. The largest absolute Gasteiger partial charge is 0.493 e. The van der Waals surface area contributed by atoms with Crippen LogP contribution in [0.3, 0.4) is 0 Å². The van der Waals surface area contributed by atoms with Crippen LogP contribution in [0.25, 0.3) is 32.5 Å². The molecule has 0 amide bonds. The quantitative estimate of drug-likeness (QED) is 0.573. The van der Waals surface area contributed by atoms with Gasteiger partial charge in [0.1, 0.15) is 11.3 Å². The van der Waals surface area contributed by atoms with E-state index in [1.807, 2.05) is 0 Å². The number of ether oxygens (including phenoxy) is 3. The van der Waals surface area contributed by atoms with Crippen molar-refractivity contribution in [2.75, 3.05) is 27.1 Å². The van der Waals surface area contributed by atoms with Gasteiger partial charge in [0.2, 0.25) is 5.75 Å². The van der Waals surface area contributed by atoms with E-state index in [1.54, 1.807) is 24.3 Å². The maximum Gasteiger partial charge on any atom is 0.203 e. The lowest BCUT2D eigenvalue weighted by Gasteiger charge is -2.14. The van der Waals surface area contributed by atoms with Gasteiger partial charge in [-0.25, -0.2) is 4.98 Å².